The van der Waals surface area contributed by atoms with Crippen molar-refractivity contribution in [2.24, 2.45) is 0 Å². The molecule has 1 aromatic carbocycles. The van der Waals surface area contributed by atoms with Crippen LogP contribution in [0.1, 0.15) is 22.1 Å². The van der Waals surface area contributed by atoms with Gasteiger partial charge in [-0.05, 0) is 17.7 Å². The average Bonchev–Trinajstić information content (AvgIpc) is 3.41. The summed E-state index contributed by atoms with van der Waals surface area (Å²) in [5, 5.41) is 10.6. The lowest BCUT2D eigenvalue weighted by molar-refractivity contribution is 0.0710. The van der Waals surface area contributed by atoms with E-state index < -0.39 is 0 Å². The lowest BCUT2D eigenvalue weighted by Crippen LogP contribution is -2.30. The second kappa shape index (κ2) is 6.52. The van der Waals surface area contributed by atoms with Crippen molar-refractivity contribution in [3.05, 3.63) is 60.0 Å². The third kappa shape index (κ3) is 2.94. The molecular formula is C18H19N5O2. The maximum absolute atomic E-state index is 12.9. The van der Waals surface area contributed by atoms with Crippen LogP contribution >= 0.6 is 0 Å². The first-order valence-electron chi connectivity index (χ1n) is 8.18. The molecule has 0 aliphatic carbocycles. The Bertz CT molecular complexity index is 844. The molecular weight excluding hydrogens is 318 g/mol. The molecule has 0 spiro atoms. The molecule has 1 fully saturated rings. The topological polar surface area (TPSA) is 86.9 Å². The summed E-state index contributed by atoms with van der Waals surface area (Å²) in [5.41, 5.74) is 3.38. The summed E-state index contributed by atoms with van der Waals surface area (Å²) in [5.74, 6) is -0.00789. The first kappa shape index (κ1) is 15.6. The van der Waals surface area contributed by atoms with E-state index in [2.05, 4.69) is 20.4 Å². The van der Waals surface area contributed by atoms with Gasteiger partial charge in [0.15, 0.2) is 0 Å². The summed E-state index contributed by atoms with van der Waals surface area (Å²) in [6, 6.07) is 13.7. The van der Waals surface area contributed by atoms with E-state index in [0.717, 1.165) is 17.0 Å². The molecule has 0 radical (unpaired) electrons. The van der Waals surface area contributed by atoms with Crippen LogP contribution < -0.4 is 0 Å². The van der Waals surface area contributed by atoms with Crippen molar-refractivity contribution in [2.45, 2.75) is 12.0 Å². The fraction of sp³-hybridized carbons (Fsp3) is 0.278. The maximum atomic E-state index is 12.9. The van der Waals surface area contributed by atoms with Crippen molar-refractivity contribution in [3.63, 3.8) is 0 Å². The number of carbonyl (C=O) groups is 1. The summed E-state index contributed by atoms with van der Waals surface area (Å²) in [6.07, 6.45) is 1.60. The molecule has 3 aromatic rings. The fourth-order valence-corrected chi connectivity index (χ4v) is 3.33. The molecule has 1 amide bonds. The number of aromatic nitrogens is 4. The molecule has 1 saturated heterocycles. The number of aromatic amines is 2. The molecule has 3 heterocycles. The molecule has 25 heavy (non-hydrogen) atoms. The van der Waals surface area contributed by atoms with E-state index in [1.807, 2.05) is 42.5 Å². The molecule has 2 aromatic heterocycles. The second-order valence-electron chi connectivity index (χ2n) is 6.14. The zero-order chi connectivity index (χ0) is 17.2. The minimum absolute atomic E-state index is 0.0243. The van der Waals surface area contributed by atoms with Gasteiger partial charge in [0, 0.05) is 25.9 Å². The van der Waals surface area contributed by atoms with Gasteiger partial charge in [-0.2, -0.15) is 15.4 Å². The average molecular weight is 337 g/mol. The Kier molecular flexibility index (Phi) is 4.07. The van der Waals surface area contributed by atoms with Gasteiger partial charge in [0.25, 0.3) is 5.91 Å². The predicted molar refractivity (Wildman–Crippen MR) is 92.1 cm³/mol. The number of carbonyl (C=O) groups excluding carboxylic acids is 1. The third-order valence-corrected chi connectivity index (χ3v) is 4.67. The number of methoxy groups -OCH3 is 1. The molecule has 128 valence electrons. The van der Waals surface area contributed by atoms with Gasteiger partial charge in [-0.25, -0.2) is 0 Å². The van der Waals surface area contributed by atoms with Crippen molar-refractivity contribution in [2.75, 3.05) is 20.2 Å². The van der Waals surface area contributed by atoms with Gasteiger partial charge in [0.05, 0.1) is 23.9 Å². The zero-order valence-electron chi connectivity index (χ0n) is 13.8. The molecule has 7 heteroatoms. The highest BCUT2D eigenvalue weighted by atomic mass is 16.5. The van der Waals surface area contributed by atoms with Gasteiger partial charge < -0.3 is 14.6 Å². The standard InChI is InChI=1S/C18H19N5O2/c1-25-17-11-23(10-13(17)16-9-19-22-21-16)18(24)15-8-7-14(20-15)12-5-3-2-4-6-12/h2-9,13,17,20H,10-11H2,1H3,(H,19,21,22)/t13-,17+/m0/s1. The van der Waals surface area contributed by atoms with Gasteiger partial charge in [-0.3, -0.25) is 4.79 Å². The quantitative estimate of drug-likeness (QED) is 0.763. The molecule has 2 atom stereocenters. The van der Waals surface area contributed by atoms with Crippen LogP contribution in [0.25, 0.3) is 11.3 Å². The van der Waals surface area contributed by atoms with Crippen molar-refractivity contribution in [1.82, 2.24) is 25.3 Å². The molecule has 1 aliphatic heterocycles. The summed E-state index contributed by atoms with van der Waals surface area (Å²) < 4.78 is 5.55. The second-order valence-corrected chi connectivity index (χ2v) is 6.14. The summed E-state index contributed by atoms with van der Waals surface area (Å²) >= 11 is 0. The van der Waals surface area contributed by atoms with Gasteiger partial charge in [0.2, 0.25) is 0 Å². The first-order valence-corrected chi connectivity index (χ1v) is 8.18. The van der Waals surface area contributed by atoms with E-state index in [0.29, 0.717) is 18.8 Å². The number of rotatable bonds is 4. The van der Waals surface area contributed by atoms with Crippen LogP contribution in [-0.4, -0.2) is 57.5 Å². The summed E-state index contributed by atoms with van der Waals surface area (Å²) in [6.45, 7) is 1.09. The SMILES string of the molecule is CO[C@@H]1CN(C(=O)c2ccc(-c3ccccc3)[nH]2)C[C@H]1c1cn[nH]n1. The van der Waals surface area contributed by atoms with Gasteiger partial charge in [-0.15, -0.1) is 0 Å². The molecule has 2 N–H and O–H groups in total. The Labute approximate surface area is 145 Å². The van der Waals surface area contributed by atoms with E-state index in [1.54, 1.807) is 18.2 Å². The van der Waals surface area contributed by atoms with E-state index in [1.165, 1.54) is 0 Å². The van der Waals surface area contributed by atoms with Crippen LogP contribution in [0, 0.1) is 0 Å². The van der Waals surface area contributed by atoms with E-state index in [4.69, 9.17) is 4.74 Å². The number of hydrogen-bond acceptors (Lipinski definition) is 4. The summed E-state index contributed by atoms with van der Waals surface area (Å²) in [7, 11) is 1.66. The monoisotopic (exact) mass is 337 g/mol. The molecule has 7 nitrogen and oxygen atoms in total. The maximum Gasteiger partial charge on any atom is 0.270 e. The lowest BCUT2D eigenvalue weighted by Gasteiger charge is -2.14. The molecule has 0 bridgehead atoms. The van der Waals surface area contributed by atoms with Gasteiger partial charge in [-0.1, -0.05) is 30.3 Å². The van der Waals surface area contributed by atoms with Crippen molar-refractivity contribution in [1.29, 1.82) is 0 Å². The Morgan fingerprint density at radius 3 is 2.76 bits per heavy atom. The zero-order valence-corrected chi connectivity index (χ0v) is 13.8. The number of nitrogens with zero attached hydrogens (tertiary/aromatic N) is 3. The molecule has 1 aliphatic rings. The minimum atomic E-state index is -0.0856. The van der Waals surface area contributed by atoms with Crippen LogP contribution in [0.5, 0.6) is 0 Å². The molecule has 0 saturated carbocycles. The number of benzene rings is 1. The van der Waals surface area contributed by atoms with Crippen LogP contribution in [0.2, 0.25) is 0 Å². The molecule has 4 rings (SSSR count). The van der Waals surface area contributed by atoms with Gasteiger partial charge in [0.1, 0.15) is 5.69 Å². The lowest BCUT2D eigenvalue weighted by atomic mass is 10.0. The number of H-pyrrole nitrogens is 2. The number of amides is 1. The Morgan fingerprint density at radius 1 is 1.20 bits per heavy atom. The van der Waals surface area contributed by atoms with E-state index in [9.17, 15) is 4.79 Å². The predicted octanol–water partition coefficient (Wildman–Crippen LogP) is 2.05. The number of ether oxygens (including phenoxy) is 1. The van der Waals surface area contributed by atoms with Crippen LogP contribution in [0.4, 0.5) is 0 Å². The number of likely N-dealkylation sites (tertiary alicyclic amines) is 1. The van der Waals surface area contributed by atoms with Crippen LogP contribution in [-0.2, 0) is 4.74 Å². The number of hydrogen-bond donors (Lipinski definition) is 2. The highest BCUT2D eigenvalue weighted by Gasteiger charge is 2.38. The molecule has 0 unspecified atom stereocenters. The van der Waals surface area contributed by atoms with Crippen molar-refractivity contribution >= 4 is 5.91 Å². The Hall–Kier alpha value is -2.93. The largest absolute Gasteiger partial charge is 0.379 e. The first-order chi connectivity index (χ1) is 12.3. The van der Waals surface area contributed by atoms with Gasteiger partial charge >= 0.3 is 0 Å². The third-order valence-electron chi connectivity index (χ3n) is 4.67. The number of nitrogens with one attached hydrogen (secondary N) is 2. The highest BCUT2D eigenvalue weighted by Crippen LogP contribution is 2.29. The van der Waals surface area contributed by atoms with Crippen molar-refractivity contribution in [3.8, 4) is 11.3 Å². The Morgan fingerprint density at radius 2 is 2.04 bits per heavy atom. The summed E-state index contributed by atoms with van der Waals surface area (Å²) in [4.78, 5) is 17.9. The normalized spacial score (nSPS) is 20.1. The highest BCUT2D eigenvalue weighted by molar-refractivity contribution is 5.93. The van der Waals surface area contributed by atoms with Crippen LogP contribution in [0.15, 0.2) is 48.7 Å². The fourth-order valence-electron chi connectivity index (χ4n) is 3.33. The minimum Gasteiger partial charge on any atom is -0.379 e. The van der Waals surface area contributed by atoms with Crippen molar-refractivity contribution < 1.29 is 9.53 Å². The van der Waals surface area contributed by atoms with Crippen LogP contribution in [0.3, 0.4) is 0 Å². The van der Waals surface area contributed by atoms with E-state index in [-0.39, 0.29) is 17.9 Å². The van der Waals surface area contributed by atoms with E-state index >= 15 is 0 Å². The smallest absolute Gasteiger partial charge is 0.270 e. The Balaban J connectivity index is 1.53.